The van der Waals surface area contributed by atoms with E-state index in [0.29, 0.717) is 0 Å². The highest BCUT2D eigenvalue weighted by atomic mass is 16.3. The molecular formula is C13H15NO. The zero-order valence-electron chi connectivity index (χ0n) is 8.83. The van der Waals surface area contributed by atoms with E-state index in [9.17, 15) is 0 Å². The first-order chi connectivity index (χ1) is 7.43. The molecule has 0 radical (unpaired) electrons. The molecular weight excluding hydrogens is 186 g/mol. The Labute approximate surface area is 89.3 Å². The Bertz CT molecular complexity index is 472. The standard InChI is InChI=1S/C13H15NO/c1-2-4-9-12-14-13-10(6-3-1)7-5-8-11(13)15-12/h5,7-8H,1-4,6,9H2. The van der Waals surface area contributed by atoms with Crippen LogP contribution in [0.4, 0.5) is 0 Å². The van der Waals surface area contributed by atoms with Gasteiger partial charge in [0.15, 0.2) is 11.5 Å². The Balaban J connectivity index is 2.15. The van der Waals surface area contributed by atoms with Gasteiger partial charge in [0.25, 0.3) is 0 Å². The van der Waals surface area contributed by atoms with Crippen molar-refractivity contribution in [2.24, 2.45) is 0 Å². The molecule has 0 N–H and O–H groups in total. The molecule has 1 aromatic heterocycles. The van der Waals surface area contributed by atoms with Crippen molar-refractivity contribution >= 4 is 11.1 Å². The minimum Gasteiger partial charge on any atom is -0.441 e. The highest BCUT2D eigenvalue weighted by molar-refractivity contribution is 5.76. The average molecular weight is 201 g/mol. The van der Waals surface area contributed by atoms with Gasteiger partial charge in [-0.25, -0.2) is 4.98 Å². The number of rotatable bonds is 0. The Kier molecular flexibility index (Phi) is 2.20. The summed E-state index contributed by atoms with van der Waals surface area (Å²) in [6, 6.07) is 6.27. The van der Waals surface area contributed by atoms with Crippen LogP contribution in [0.15, 0.2) is 22.6 Å². The molecule has 2 heteroatoms. The Morgan fingerprint density at radius 3 is 2.80 bits per heavy atom. The molecule has 0 amide bonds. The first kappa shape index (κ1) is 8.96. The van der Waals surface area contributed by atoms with Crippen molar-refractivity contribution in [3.05, 3.63) is 29.7 Å². The van der Waals surface area contributed by atoms with Gasteiger partial charge in [0.05, 0.1) is 0 Å². The van der Waals surface area contributed by atoms with E-state index in [0.717, 1.165) is 29.8 Å². The van der Waals surface area contributed by atoms with E-state index in [4.69, 9.17) is 4.42 Å². The topological polar surface area (TPSA) is 26.0 Å². The molecule has 0 fully saturated rings. The van der Waals surface area contributed by atoms with E-state index in [2.05, 4.69) is 17.1 Å². The second-order valence-electron chi connectivity index (χ2n) is 4.29. The number of oxazole rings is 1. The maximum absolute atomic E-state index is 5.73. The summed E-state index contributed by atoms with van der Waals surface area (Å²) in [6.07, 6.45) is 7.26. The zero-order chi connectivity index (χ0) is 10.1. The smallest absolute Gasteiger partial charge is 0.195 e. The molecule has 0 aliphatic carbocycles. The van der Waals surface area contributed by atoms with Crippen LogP contribution in [0.2, 0.25) is 0 Å². The van der Waals surface area contributed by atoms with Crippen molar-refractivity contribution in [3.8, 4) is 0 Å². The largest absolute Gasteiger partial charge is 0.441 e. The zero-order valence-corrected chi connectivity index (χ0v) is 8.83. The van der Waals surface area contributed by atoms with Crippen molar-refractivity contribution in [1.82, 2.24) is 4.98 Å². The van der Waals surface area contributed by atoms with Crippen LogP contribution in [0.3, 0.4) is 0 Å². The molecule has 2 nitrogen and oxygen atoms in total. The molecule has 15 heavy (non-hydrogen) atoms. The van der Waals surface area contributed by atoms with Gasteiger partial charge in [-0.15, -0.1) is 0 Å². The third-order valence-electron chi connectivity index (χ3n) is 3.13. The van der Waals surface area contributed by atoms with Crippen LogP contribution in [0.5, 0.6) is 0 Å². The van der Waals surface area contributed by atoms with Gasteiger partial charge >= 0.3 is 0 Å². The molecule has 0 atom stereocenters. The van der Waals surface area contributed by atoms with Crippen LogP contribution >= 0.6 is 0 Å². The van der Waals surface area contributed by atoms with Crippen molar-refractivity contribution in [2.75, 3.05) is 0 Å². The monoisotopic (exact) mass is 201 g/mol. The molecule has 0 saturated heterocycles. The first-order valence-electron chi connectivity index (χ1n) is 5.81. The predicted molar refractivity (Wildman–Crippen MR) is 59.9 cm³/mol. The summed E-state index contributed by atoms with van der Waals surface area (Å²) in [5.41, 5.74) is 3.41. The van der Waals surface area contributed by atoms with Crippen molar-refractivity contribution in [1.29, 1.82) is 0 Å². The van der Waals surface area contributed by atoms with Crippen LogP contribution in [-0.4, -0.2) is 4.98 Å². The number of benzene rings is 1. The lowest BCUT2D eigenvalue weighted by molar-refractivity contribution is 0.508. The fraction of sp³-hybridized carbons (Fsp3) is 0.462. The van der Waals surface area contributed by atoms with Gasteiger partial charge in [0.1, 0.15) is 5.52 Å². The van der Waals surface area contributed by atoms with Gasteiger partial charge < -0.3 is 4.42 Å². The highest BCUT2D eigenvalue weighted by Crippen LogP contribution is 2.23. The third kappa shape index (κ3) is 1.65. The fourth-order valence-electron chi connectivity index (χ4n) is 2.31. The minimum atomic E-state index is 0.916. The number of aromatic nitrogens is 1. The highest BCUT2D eigenvalue weighted by Gasteiger charge is 2.10. The quantitative estimate of drug-likeness (QED) is 0.652. The normalized spacial score (nSPS) is 17.1. The Morgan fingerprint density at radius 2 is 1.87 bits per heavy atom. The van der Waals surface area contributed by atoms with Crippen molar-refractivity contribution in [3.63, 3.8) is 0 Å². The fourth-order valence-corrected chi connectivity index (χ4v) is 2.31. The van der Waals surface area contributed by atoms with E-state index in [-0.39, 0.29) is 0 Å². The Morgan fingerprint density at radius 1 is 1.00 bits per heavy atom. The lowest BCUT2D eigenvalue weighted by Gasteiger charge is -2.03. The summed E-state index contributed by atoms with van der Waals surface area (Å²) in [6.45, 7) is 0. The van der Waals surface area contributed by atoms with Crippen LogP contribution in [0, 0.1) is 0 Å². The molecule has 1 aliphatic rings. The summed E-state index contributed by atoms with van der Waals surface area (Å²) in [7, 11) is 0. The number of hydrogen-bond donors (Lipinski definition) is 0. The molecule has 0 saturated carbocycles. The van der Waals surface area contributed by atoms with Gasteiger partial charge in [0.2, 0.25) is 0 Å². The van der Waals surface area contributed by atoms with Gasteiger partial charge in [-0.3, -0.25) is 0 Å². The Hall–Kier alpha value is -1.31. The van der Waals surface area contributed by atoms with Crippen molar-refractivity contribution < 1.29 is 4.42 Å². The summed E-state index contributed by atoms with van der Waals surface area (Å²) in [4.78, 5) is 4.59. The molecule has 3 rings (SSSR count). The molecule has 2 bridgehead atoms. The number of nitrogens with zero attached hydrogens (tertiary/aromatic N) is 1. The van der Waals surface area contributed by atoms with Crippen LogP contribution in [0.25, 0.3) is 11.1 Å². The number of para-hydroxylation sites is 1. The molecule has 2 heterocycles. The maximum atomic E-state index is 5.73. The molecule has 1 aromatic carbocycles. The number of hydrogen-bond acceptors (Lipinski definition) is 2. The molecule has 1 aliphatic heterocycles. The van der Waals surface area contributed by atoms with E-state index in [1.807, 2.05) is 6.07 Å². The second kappa shape index (κ2) is 3.69. The van der Waals surface area contributed by atoms with Crippen LogP contribution in [-0.2, 0) is 12.8 Å². The van der Waals surface area contributed by atoms with Gasteiger partial charge in [0, 0.05) is 6.42 Å². The summed E-state index contributed by atoms with van der Waals surface area (Å²) in [5, 5.41) is 0. The predicted octanol–water partition coefficient (Wildman–Crippen LogP) is 3.49. The van der Waals surface area contributed by atoms with Crippen LogP contribution in [0.1, 0.15) is 37.1 Å². The molecule has 78 valence electrons. The number of fused-ring (bicyclic) bond motifs is 1. The minimum absolute atomic E-state index is 0.916. The average Bonchev–Trinajstić information content (AvgIpc) is 2.67. The molecule has 2 aromatic rings. The second-order valence-corrected chi connectivity index (χ2v) is 4.29. The van der Waals surface area contributed by atoms with Gasteiger partial charge in [-0.1, -0.05) is 25.0 Å². The van der Waals surface area contributed by atoms with Gasteiger partial charge in [-0.2, -0.15) is 0 Å². The van der Waals surface area contributed by atoms with Crippen molar-refractivity contribution in [2.45, 2.75) is 38.5 Å². The number of aryl methyl sites for hydroxylation is 2. The first-order valence-corrected chi connectivity index (χ1v) is 5.81. The lowest BCUT2D eigenvalue weighted by Crippen LogP contribution is -1.92. The summed E-state index contributed by atoms with van der Waals surface area (Å²) < 4.78 is 5.73. The summed E-state index contributed by atoms with van der Waals surface area (Å²) >= 11 is 0. The van der Waals surface area contributed by atoms with Gasteiger partial charge in [-0.05, 0) is 30.9 Å². The molecule has 0 spiro atoms. The van der Waals surface area contributed by atoms with E-state index >= 15 is 0 Å². The summed E-state index contributed by atoms with van der Waals surface area (Å²) in [5.74, 6) is 0.916. The van der Waals surface area contributed by atoms with Crippen LogP contribution < -0.4 is 0 Å². The van der Waals surface area contributed by atoms with E-state index in [1.54, 1.807) is 0 Å². The van der Waals surface area contributed by atoms with E-state index < -0.39 is 0 Å². The lowest BCUT2D eigenvalue weighted by atomic mass is 10.0. The molecule has 0 unspecified atom stereocenters. The third-order valence-corrected chi connectivity index (χ3v) is 3.13. The SMILES string of the molecule is c1cc2c3nc(oc3c1)CCCCCC2. The van der Waals surface area contributed by atoms with E-state index in [1.165, 1.54) is 31.2 Å². The maximum Gasteiger partial charge on any atom is 0.195 e.